The van der Waals surface area contributed by atoms with Gasteiger partial charge in [-0.05, 0) is 19.3 Å². The molecule has 19 heavy (non-hydrogen) atoms. The predicted molar refractivity (Wildman–Crippen MR) is 74.6 cm³/mol. The summed E-state index contributed by atoms with van der Waals surface area (Å²) in [6, 6.07) is -0.527. The molecule has 0 aromatic heterocycles. The topological polar surface area (TPSA) is 77.8 Å². The minimum Gasteiger partial charge on any atom is -0.479 e. The van der Waals surface area contributed by atoms with E-state index in [0.29, 0.717) is 6.42 Å². The average Bonchev–Trinajstić information content (AvgIpc) is 2.48. The summed E-state index contributed by atoms with van der Waals surface area (Å²) in [4.78, 5) is 23.9. The first-order valence-corrected chi connectivity index (χ1v) is 9.78. The van der Waals surface area contributed by atoms with Gasteiger partial charge in [-0.15, -0.1) is 5.54 Å². The highest BCUT2D eigenvalue weighted by atomic mass is 28.3. The van der Waals surface area contributed by atoms with Crippen LogP contribution >= 0.6 is 0 Å². The van der Waals surface area contributed by atoms with Crippen LogP contribution in [0.2, 0.25) is 19.6 Å². The van der Waals surface area contributed by atoms with Crippen molar-refractivity contribution >= 4 is 20.1 Å². The molecule has 0 saturated carbocycles. The molecule has 0 aromatic rings. The van der Waals surface area contributed by atoms with Crippen LogP contribution in [0.3, 0.4) is 0 Å². The Bertz CT molecular complexity index is 459. The van der Waals surface area contributed by atoms with E-state index in [1.165, 1.54) is 6.92 Å². The second-order valence-electron chi connectivity index (χ2n) is 6.28. The summed E-state index contributed by atoms with van der Waals surface area (Å²) in [5, 5.41) is 18.7. The van der Waals surface area contributed by atoms with Gasteiger partial charge in [0.1, 0.15) is 13.6 Å². The van der Waals surface area contributed by atoms with Crippen molar-refractivity contribution < 1.29 is 19.8 Å². The lowest BCUT2D eigenvalue weighted by atomic mass is 9.88. The highest BCUT2D eigenvalue weighted by Crippen LogP contribution is 2.39. The second-order valence-corrected chi connectivity index (χ2v) is 11.0. The molecule has 106 valence electrons. The summed E-state index contributed by atoms with van der Waals surface area (Å²) in [5.41, 5.74) is 1.74. The first kappa shape index (κ1) is 15.6. The third-order valence-corrected chi connectivity index (χ3v) is 4.50. The third-order valence-electron chi connectivity index (χ3n) is 3.60. The average molecular weight is 283 g/mol. The van der Waals surface area contributed by atoms with Crippen LogP contribution in [0.5, 0.6) is 0 Å². The molecule has 1 rings (SSSR count). The molecule has 1 aliphatic heterocycles. The first-order chi connectivity index (χ1) is 8.50. The van der Waals surface area contributed by atoms with Crippen LogP contribution < -0.4 is 0 Å². The van der Waals surface area contributed by atoms with Crippen LogP contribution in [0.25, 0.3) is 0 Å². The molecule has 1 aliphatic rings. The number of carbonyl (C=O) groups is 2. The van der Waals surface area contributed by atoms with E-state index in [0.717, 1.165) is 4.90 Å². The molecule has 6 heteroatoms. The number of aliphatic carboxylic acids is 1. The molecule has 1 fully saturated rings. The summed E-state index contributed by atoms with van der Waals surface area (Å²) in [6.45, 7) is 9.43. The van der Waals surface area contributed by atoms with Gasteiger partial charge in [0.25, 0.3) is 0 Å². The largest absolute Gasteiger partial charge is 0.479 e. The molecular formula is C13H21NO4Si. The number of nitrogens with zero attached hydrogens (tertiary/aromatic N) is 1. The lowest BCUT2D eigenvalue weighted by Gasteiger charge is -2.33. The van der Waals surface area contributed by atoms with Gasteiger partial charge >= 0.3 is 12.1 Å². The second kappa shape index (κ2) is 4.89. The van der Waals surface area contributed by atoms with E-state index in [9.17, 15) is 19.8 Å². The molecular weight excluding hydrogens is 262 g/mol. The Labute approximate surface area is 114 Å². The maximum absolute atomic E-state index is 11.5. The van der Waals surface area contributed by atoms with E-state index < -0.39 is 31.7 Å². The minimum atomic E-state index is -1.61. The van der Waals surface area contributed by atoms with E-state index >= 15 is 0 Å². The zero-order valence-corrected chi connectivity index (χ0v) is 13.0. The summed E-state index contributed by atoms with van der Waals surface area (Å²) in [6.07, 6.45) is -0.754. The molecule has 3 atom stereocenters. The van der Waals surface area contributed by atoms with E-state index in [-0.39, 0.29) is 5.92 Å². The monoisotopic (exact) mass is 283 g/mol. The Balaban J connectivity index is 3.19. The standard InChI is InChI=1S/C13H21NO4Si/c1-9-8-10(6-7-19(3,4)5)14(12(17)18)13(9,2)11(15)16/h9-10H,8H2,1-5H3,(H,15,16)(H,17,18)/t9?,10-,13+/m1/s1. The highest BCUT2D eigenvalue weighted by Gasteiger charge is 2.55. The molecule has 1 saturated heterocycles. The maximum atomic E-state index is 11.5. The van der Waals surface area contributed by atoms with Crippen LogP contribution in [-0.2, 0) is 4.79 Å². The zero-order valence-electron chi connectivity index (χ0n) is 12.0. The predicted octanol–water partition coefficient (Wildman–Crippen LogP) is 2.10. The van der Waals surface area contributed by atoms with E-state index in [4.69, 9.17) is 0 Å². The molecule has 0 aromatic carbocycles. The maximum Gasteiger partial charge on any atom is 0.409 e. The van der Waals surface area contributed by atoms with Crippen molar-refractivity contribution in [2.45, 2.75) is 51.5 Å². The fourth-order valence-electron chi connectivity index (χ4n) is 2.30. The van der Waals surface area contributed by atoms with Gasteiger partial charge in [0.2, 0.25) is 0 Å². The quantitative estimate of drug-likeness (QED) is 0.570. The molecule has 2 N–H and O–H groups in total. The van der Waals surface area contributed by atoms with Crippen molar-refractivity contribution in [3.63, 3.8) is 0 Å². The molecule has 0 aliphatic carbocycles. The number of hydrogen-bond donors (Lipinski definition) is 2. The van der Waals surface area contributed by atoms with Crippen LogP contribution in [-0.4, -0.2) is 46.8 Å². The fourth-order valence-corrected chi connectivity index (χ4v) is 2.90. The summed E-state index contributed by atoms with van der Waals surface area (Å²) >= 11 is 0. The number of likely N-dealkylation sites (tertiary alicyclic amines) is 1. The Morgan fingerprint density at radius 3 is 2.21 bits per heavy atom. The highest BCUT2D eigenvalue weighted by molar-refractivity contribution is 6.83. The molecule has 0 bridgehead atoms. The molecule has 0 radical (unpaired) electrons. The van der Waals surface area contributed by atoms with Crippen LogP contribution in [0.15, 0.2) is 0 Å². The van der Waals surface area contributed by atoms with Gasteiger partial charge in [-0.3, -0.25) is 4.90 Å². The fraction of sp³-hybridized carbons (Fsp3) is 0.692. The summed E-state index contributed by atoms with van der Waals surface area (Å²) < 4.78 is 0. The smallest absolute Gasteiger partial charge is 0.409 e. The minimum absolute atomic E-state index is 0.262. The van der Waals surface area contributed by atoms with Crippen molar-refractivity contribution in [2.24, 2.45) is 5.92 Å². The van der Waals surface area contributed by atoms with Crippen LogP contribution in [0.4, 0.5) is 4.79 Å². The normalized spacial score (nSPS) is 30.7. The van der Waals surface area contributed by atoms with E-state index in [1.54, 1.807) is 6.92 Å². The van der Waals surface area contributed by atoms with Crippen molar-refractivity contribution in [3.8, 4) is 11.5 Å². The molecule has 1 heterocycles. The van der Waals surface area contributed by atoms with Crippen molar-refractivity contribution in [2.75, 3.05) is 0 Å². The Hall–Kier alpha value is -1.48. The van der Waals surface area contributed by atoms with Crippen LogP contribution in [0, 0.1) is 17.4 Å². The van der Waals surface area contributed by atoms with E-state index in [1.807, 2.05) is 0 Å². The summed E-state index contributed by atoms with van der Waals surface area (Å²) in [7, 11) is -1.61. The Kier molecular flexibility index (Phi) is 4.01. The lowest BCUT2D eigenvalue weighted by Crippen LogP contribution is -2.55. The first-order valence-electron chi connectivity index (χ1n) is 6.28. The molecule has 0 spiro atoms. The number of amides is 1. The van der Waals surface area contributed by atoms with Gasteiger partial charge in [-0.2, -0.15) is 0 Å². The Morgan fingerprint density at radius 2 is 1.84 bits per heavy atom. The Morgan fingerprint density at radius 1 is 1.32 bits per heavy atom. The van der Waals surface area contributed by atoms with Crippen LogP contribution in [0.1, 0.15) is 20.3 Å². The van der Waals surface area contributed by atoms with Gasteiger partial charge in [0.15, 0.2) is 0 Å². The molecule has 1 unspecified atom stereocenters. The van der Waals surface area contributed by atoms with E-state index in [2.05, 4.69) is 31.1 Å². The van der Waals surface area contributed by atoms with Crippen molar-refractivity contribution in [3.05, 3.63) is 0 Å². The van der Waals surface area contributed by atoms with Crippen molar-refractivity contribution in [1.82, 2.24) is 4.90 Å². The van der Waals surface area contributed by atoms with Crippen molar-refractivity contribution in [1.29, 1.82) is 0 Å². The number of hydrogen-bond acceptors (Lipinski definition) is 2. The SMILES string of the molecule is CC1C[C@@H](C#C[Si](C)(C)C)N(C(=O)O)[C@]1(C)C(=O)O. The molecule has 5 nitrogen and oxygen atoms in total. The van der Waals surface area contributed by atoms with Gasteiger partial charge in [0, 0.05) is 0 Å². The number of carboxylic acid groups (broad SMARTS) is 2. The van der Waals surface area contributed by atoms with Gasteiger partial charge in [-0.1, -0.05) is 32.5 Å². The van der Waals surface area contributed by atoms with Gasteiger partial charge < -0.3 is 10.2 Å². The van der Waals surface area contributed by atoms with Gasteiger partial charge in [-0.25, -0.2) is 9.59 Å². The third kappa shape index (κ3) is 2.92. The molecule has 1 amide bonds. The zero-order chi connectivity index (χ0) is 15.0. The summed E-state index contributed by atoms with van der Waals surface area (Å²) in [5.74, 6) is 1.61. The number of rotatable bonds is 1. The van der Waals surface area contributed by atoms with Gasteiger partial charge in [0.05, 0.1) is 6.04 Å². The lowest BCUT2D eigenvalue weighted by molar-refractivity contribution is -0.149. The number of carboxylic acids is 1.